The van der Waals surface area contributed by atoms with Gasteiger partial charge in [-0.1, -0.05) is 26.8 Å². The van der Waals surface area contributed by atoms with Gasteiger partial charge < -0.3 is 14.4 Å². The monoisotopic (exact) mass is 387 g/mol. The number of rotatable bonds is 8. The van der Waals surface area contributed by atoms with Gasteiger partial charge in [-0.3, -0.25) is 0 Å². The molecule has 0 saturated carbocycles. The van der Waals surface area contributed by atoms with Crippen LogP contribution in [0.4, 0.5) is 5.69 Å². The van der Waals surface area contributed by atoms with Crippen LogP contribution < -0.4 is 20.2 Å². The van der Waals surface area contributed by atoms with Crippen molar-refractivity contribution in [3.63, 3.8) is 0 Å². The van der Waals surface area contributed by atoms with E-state index in [2.05, 4.69) is 83.7 Å². The molecule has 0 bridgehead atoms. The minimum absolute atomic E-state index is 0.270. The van der Waals surface area contributed by atoms with E-state index in [1.54, 1.807) is 7.11 Å². The Hall–Kier alpha value is -1.57. The Balaban J connectivity index is 2.55. The summed E-state index contributed by atoms with van der Waals surface area (Å²) in [6, 6.07) is 11.9. The van der Waals surface area contributed by atoms with Gasteiger partial charge in [0.05, 0.1) is 0 Å². The molecule has 0 aliphatic carbocycles. The largest absolute Gasteiger partial charge is 0.467 e. The zero-order chi connectivity index (χ0) is 20.1. The fourth-order valence-electron chi connectivity index (χ4n) is 3.67. The van der Waals surface area contributed by atoms with Crippen molar-refractivity contribution in [2.24, 2.45) is 0 Å². The minimum Gasteiger partial charge on any atom is -0.467 e. The number of methoxy groups -OCH3 is 1. The van der Waals surface area contributed by atoms with Crippen molar-refractivity contribution in [3.8, 4) is 5.75 Å². The maximum Gasteiger partial charge on any atom is 0.188 e. The first-order chi connectivity index (χ1) is 12.8. The van der Waals surface area contributed by atoms with Crippen LogP contribution in [0.5, 0.6) is 5.75 Å². The van der Waals surface area contributed by atoms with Crippen LogP contribution in [0.2, 0.25) is 0 Å². The first kappa shape index (κ1) is 21.7. The van der Waals surface area contributed by atoms with E-state index in [9.17, 15) is 0 Å². The standard InChI is InChI=1S/C23H34NO2P/c1-15(2)24(16(3)4)20-11-9-10-18(6)23(20)27-21-13-17(5)12-19(7)22(21)26-14-25-8/h9-13,15-16,27H,14H2,1-8H3. The molecular weight excluding hydrogens is 353 g/mol. The molecule has 3 nitrogen and oxygen atoms in total. The first-order valence-electron chi connectivity index (χ1n) is 9.64. The van der Waals surface area contributed by atoms with Crippen molar-refractivity contribution in [2.45, 2.75) is 60.5 Å². The fourth-order valence-corrected chi connectivity index (χ4v) is 5.25. The van der Waals surface area contributed by atoms with E-state index in [0.717, 1.165) is 11.3 Å². The lowest BCUT2D eigenvalue weighted by atomic mass is 10.1. The highest BCUT2D eigenvalue weighted by molar-refractivity contribution is 7.56. The third kappa shape index (κ3) is 5.24. The van der Waals surface area contributed by atoms with Crippen LogP contribution in [0.3, 0.4) is 0 Å². The summed E-state index contributed by atoms with van der Waals surface area (Å²) in [5.41, 5.74) is 5.08. The van der Waals surface area contributed by atoms with Gasteiger partial charge in [0.1, 0.15) is 5.75 Å². The molecule has 2 aromatic carbocycles. The highest BCUT2D eigenvalue weighted by Gasteiger charge is 2.20. The molecule has 0 fully saturated rings. The summed E-state index contributed by atoms with van der Waals surface area (Å²) in [5.74, 6) is 0.954. The molecule has 1 unspecified atom stereocenters. The minimum atomic E-state index is 0.270. The topological polar surface area (TPSA) is 21.7 Å². The van der Waals surface area contributed by atoms with Gasteiger partial charge in [0, 0.05) is 35.5 Å². The summed E-state index contributed by atoms with van der Waals surface area (Å²) in [6.45, 7) is 15.8. The molecule has 1 atom stereocenters. The number of anilines is 1. The maximum atomic E-state index is 5.95. The van der Waals surface area contributed by atoms with Crippen LogP contribution in [0.15, 0.2) is 30.3 Å². The summed E-state index contributed by atoms with van der Waals surface area (Å²) in [6.07, 6.45) is 0. The molecule has 4 heteroatoms. The molecule has 0 amide bonds. The lowest BCUT2D eigenvalue weighted by Crippen LogP contribution is -2.39. The molecule has 0 heterocycles. The Labute approximate surface area is 166 Å². The molecule has 0 radical (unpaired) electrons. The van der Waals surface area contributed by atoms with Crippen LogP contribution >= 0.6 is 8.58 Å². The normalized spacial score (nSPS) is 11.8. The van der Waals surface area contributed by atoms with Gasteiger partial charge in [-0.15, -0.1) is 0 Å². The summed E-state index contributed by atoms with van der Waals surface area (Å²) < 4.78 is 11.1. The number of hydrogen-bond donors (Lipinski definition) is 0. The Morgan fingerprint density at radius 3 is 2.22 bits per heavy atom. The number of ether oxygens (including phenoxy) is 2. The van der Waals surface area contributed by atoms with Crippen molar-refractivity contribution < 1.29 is 9.47 Å². The van der Waals surface area contributed by atoms with Crippen molar-refractivity contribution in [3.05, 3.63) is 47.0 Å². The van der Waals surface area contributed by atoms with Crippen LogP contribution in [-0.2, 0) is 4.74 Å². The van der Waals surface area contributed by atoms with Crippen molar-refractivity contribution >= 4 is 24.9 Å². The van der Waals surface area contributed by atoms with Gasteiger partial charge in [0.2, 0.25) is 0 Å². The third-order valence-electron chi connectivity index (χ3n) is 4.64. The molecule has 0 aromatic heterocycles. The second kappa shape index (κ2) is 9.57. The van der Waals surface area contributed by atoms with Gasteiger partial charge in [0.15, 0.2) is 6.79 Å². The Kier molecular flexibility index (Phi) is 7.70. The smallest absolute Gasteiger partial charge is 0.188 e. The zero-order valence-corrected chi connectivity index (χ0v) is 19.0. The molecular formula is C23H34NO2P. The van der Waals surface area contributed by atoms with Crippen molar-refractivity contribution in [1.82, 2.24) is 0 Å². The molecule has 0 saturated heterocycles. The molecule has 148 valence electrons. The molecule has 0 aliphatic rings. The van der Waals surface area contributed by atoms with Gasteiger partial charge in [-0.05, 0) is 77.3 Å². The molecule has 2 aromatic rings. The number of aryl methyl sites for hydroxylation is 3. The summed E-state index contributed by atoms with van der Waals surface area (Å²) in [7, 11) is 2.19. The Bertz CT molecular complexity index is 763. The van der Waals surface area contributed by atoms with Gasteiger partial charge in [-0.2, -0.15) is 0 Å². The zero-order valence-electron chi connectivity index (χ0n) is 18.0. The first-order valence-corrected chi connectivity index (χ1v) is 10.6. The van der Waals surface area contributed by atoms with E-state index in [1.165, 1.54) is 27.4 Å². The van der Waals surface area contributed by atoms with Crippen molar-refractivity contribution in [1.29, 1.82) is 0 Å². The predicted molar refractivity (Wildman–Crippen MR) is 120 cm³/mol. The lowest BCUT2D eigenvalue weighted by molar-refractivity contribution is 0.0514. The summed E-state index contributed by atoms with van der Waals surface area (Å²) in [4.78, 5) is 2.51. The molecule has 0 spiro atoms. The highest BCUT2D eigenvalue weighted by atomic mass is 31.1. The van der Waals surface area contributed by atoms with E-state index in [4.69, 9.17) is 9.47 Å². The SMILES string of the molecule is COCOc1c(C)cc(C)cc1Pc1c(C)cccc1N(C(C)C)C(C)C. The molecule has 27 heavy (non-hydrogen) atoms. The van der Waals surface area contributed by atoms with Crippen molar-refractivity contribution in [2.75, 3.05) is 18.8 Å². The average molecular weight is 388 g/mol. The van der Waals surface area contributed by atoms with Gasteiger partial charge >= 0.3 is 0 Å². The summed E-state index contributed by atoms with van der Waals surface area (Å²) >= 11 is 0. The average Bonchev–Trinajstić information content (AvgIpc) is 2.56. The van der Waals surface area contributed by atoms with E-state index in [0.29, 0.717) is 20.7 Å². The van der Waals surface area contributed by atoms with Crippen LogP contribution in [0.25, 0.3) is 0 Å². The van der Waals surface area contributed by atoms with Crippen LogP contribution in [0.1, 0.15) is 44.4 Å². The third-order valence-corrected chi connectivity index (χ3v) is 6.18. The van der Waals surface area contributed by atoms with E-state index < -0.39 is 0 Å². The number of hydrogen-bond acceptors (Lipinski definition) is 3. The Morgan fingerprint density at radius 1 is 0.963 bits per heavy atom. The Morgan fingerprint density at radius 2 is 1.63 bits per heavy atom. The van der Waals surface area contributed by atoms with E-state index in [1.807, 2.05) is 0 Å². The molecule has 2 rings (SSSR count). The van der Waals surface area contributed by atoms with Crippen LogP contribution in [-0.4, -0.2) is 26.0 Å². The van der Waals surface area contributed by atoms with Gasteiger partial charge in [0.25, 0.3) is 0 Å². The second-order valence-electron chi connectivity index (χ2n) is 7.70. The maximum absolute atomic E-state index is 5.95. The fraction of sp³-hybridized carbons (Fsp3) is 0.478. The van der Waals surface area contributed by atoms with E-state index >= 15 is 0 Å². The van der Waals surface area contributed by atoms with Crippen LogP contribution in [0, 0.1) is 20.8 Å². The second-order valence-corrected chi connectivity index (χ2v) is 8.99. The highest BCUT2D eigenvalue weighted by Crippen LogP contribution is 2.31. The van der Waals surface area contributed by atoms with E-state index in [-0.39, 0.29) is 6.79 Å². The van der Waals surface area contributed by atoms with Gasteiger partial charge in [-0.25, -0.2) is 0 Å². The number of nitrogens with zero attached hydrogens (tertiary/aromatic N) is 1. The number of benzene rings is 2. The molecule has 0 N–H and O–H groups in total. The lowest BCUT2D eigenvalue weighted by Gasteiger charge is -2.35. The quantitative estimate of drug-likeness (QED) is 0.478. The predicted octanol–water partition coefficient (Wildman–Crippen LogP) is 4.85. The molecule has 0 aliphatic heterocycles. The summed E-state index contributed by atoms with van der Waals surface area (Å²) in [5, 5.41) is 2.64.